The number of hydrogen-bond acceptors (Lipinski definition) is 3. The van der Waals surface area contributed by atoms with Crippen molar-refractivity contribution in [1.82, 2.24) is 4.90 Å². The van der Waals surface area contributed by atoms with Crippen molar-refractivity contribution in [3.8, 4) is 0 Å². The van der Waals surface area contributed by atoms with Gasteiger partial charge in [0.25, 0.3) is 0 Å². The molecule has 1 aliphatic heterocycles. The van der Waals surface area contributed by atoms with Crippen LogP contribution >= 0.6 is 0 Å². The van der Waals surface area contributed by atoms with Crippen LogP contribution in [-0.4, -0.2) is 36.2 Å². The third-order valence-corrected chi connectivity index (χ3v) is 4.02. The summed E-state index contributed by atoms with van der Waals surface area (Å²) in [7, 11) is 0. The number of amides is 1. The molecule has 0 radical (unpaired) electrons. The minimum absolute atomic E-state index is 0.200. The molecule has 5 heteroatoms. The van der Waals surface area contributed by atoms with Crippen LogP contribution in [0.15, 0.2) is 18.2 Å². The van der Waals surface area contributed by atoms with E-state index >= 15 is 0 Å². The number of carbonyl (C=O) groups is 1. The summed E-state index contributed by atoms with van der Waals surface area (Å²) < 4.78 is 19.0. The minimum atomic E-state index is -0.471. The Hall–Kier alpha value is -1.78. The van der Waals surface area contributed by atoms with Crippen LogP contribution in [0, 0.1) is 18.7 Å². The zero-order valence-electron chi connectivity index (χ0n) is 14.5. The summed E-state index contributed by atoms with van der Waals surface area (Å²) in [5.74, 6) is 0.146. The molecular weight excluding hydrogens is 295 g/mol. The zero-order chi connectivity index (χ0) is 17.0. The average Bonchev–Trinajstić information content (AvgIpc) is 2.47. The van der Waals surface area contributed by atoms with Crippen LogP contribution in [0.3, 0.4) is 0 Å². The van der Waals surface area contributed by atoms with Gasteiger partial charge in [0, 0.05) is 30.9 Å². The van der Waals surface area contributed by atoms with Crippen molar-refractivity contribution < 1.29 is 13.9 Å². The lowest BCUT2D eigenvalue weighted by molar-refractivity contribution is 0.0172. The van der Waals surface area contributed by atoms with Gasteiger partial charge in [-0.1, -0.05) is 6.07 Å². The van der Waals surface area contributed by atoms with Crippen molar-refractivity contribution in [3.05, 3.63) is 29.6 Å². The molecule has 23 heavy (non-hydrogen) atoms. The molecular formula is C18H27FN2O2. The van der Waals surface area contributed by atoms with Gasteiger partial charge in [0.2, 0.25) is 0 Å². The Morgan fingerprint density at radius 2 is 2.17 bits per heavy atom. The summed E-state index contributed by atoms with van der Waals surface area (Å²) >= 11 is 0. The fourth-order valence-corrected chi connectivity index (χ4v) is 2.78. The van der Waals surface area contributed by atoms with Gasteiger partial charge in [0.15, 0.2) is 0 Å². The van der Waals surface area contributed by atoms with E-state index in [9.17, 15) is 9.18 Å². The average molecular weight is 322 g/mol. The molecule has 1 amide bonds. The Balaban J connectivity index is 1.89. The van der Waals surface area contributed by atoms with Crippen LogP contribution < -0.4 is 5.32 Å². The van der Waals surface area contributed by atoms with E-state index in [2.05, 4.69) is 5.32 Å². The van der Waals surface area contributed by atoms with Gasteiger partial charge < -0.3 is 15.0 Å². The van der Waals surface area contributed by atoms with E-state index in [1.165, 1.54) is 6.07 Å². The topological polar surface area (TPSA) is 41.6 Å². The standard InChI is InChI=1S/C18H27FN2O2/c1-13-15(19)8-5-9-16(13)20-11-14-7-6-10-21(12-14)17(22)23-18(2,3)4/h5,8-9,14,20H,6-7,10-12H2,1-4H3. The number of nitrogens with zero attached hydrogens (tertiary/aromatic N) is 1. The van der Waals surface area contributed by atoms with Gasteiger partial charge in [0.05, 0.1) is 0 Å². The second-order valence-electron chi connectivity index (χ2n) is 7.23. The first-order valence-corrected chi connectivity index (χ1v) is 8.23. The van der Waals surface area contributed by atoms with E-state index in [1.807, 2.05) is 26.8 Å². The summed E-state index contributed by atoms with van der Waals surface area (Å²) in [5, 5.41) is 3.31. The monoisotopic (exact) mass is 322 g/mol. The molecule has 1 aromatic carbocycles. The van der Waals surface area contributed by atoms with Crippen LogP contribution in [-0.2, 0) is 4.74 Å². The first kappa shape index (κ1) is 17.6. The molecule has 1 atom stereocenters. The molecule has 0 aliphatic carbocycles. The molecule has 1 aromatic rings. The molecule has 0 spiro atoms. The van der Waals surface area contributed by atoms with E-state index in [-0.39, 0.29) is 11.9 Å². The number of rotatable bonds is 3. The fourth-order valence-electron chi connectivity index (χ4n) is 2.78. The van der Waals surface area contributed by atoms with E-state index in [1.54, 1.807) is 17.9 Å². The summed E-state index contributed by atoms with van der Waals surface area (Å²) in [6.45, 7) is 9.54. The lowest BCUT2D eigenvalue weighted by Gasteiger charge is -2.34. The molecule has 4 nitrogen and oxygen atoms in total. The van der Waals surface area contributed by atoms with Crippen LogP contribution in [0.4, 0.5) is 14.9 Å². The quantitative estimate of drug-likeness (QED) is 0.907. The highest BCUT2D eigenvalue weighted by Gasteiger charge is 2.27. The van der Waals surface area contributed by atoms with Crippen LogP contribution in [0.1, 0.15) is 39.2 Å². The third kappa shape index (κ3) is 5.12. The Bertz CT molecular complexity index is 554. The van der Waals surface area contributed by atoms with E-state index in [0.29, 0.717) is 18.0 Å². The first-order chi connectivity index (χ1) is 10.8. The number of ether oxygens (including phenoxy) is 1. The summed E-state index contributed by atoms with van der Waals surface area (Å²) in [5.41, 5.74) is 0.979. The molecule has 0 bridgehead atoms. The Kier molecular flexibility index (Phi) is 5.50. The Labute approximate surface area is 138 Å². The van der Waals surface area contributed by atoms with Crippen molar-refractivity contribution in [2.75, 3.05) is 25.0 Å². The number of hydrogen-bond donors (Lipinski definition) is 1. The SMILES string of the molecule is Cc1c(F)cccc1NCC1CCCN(C(=O)OC(C)(C)C)C1. The number of carbonyl (C=O) groups excluding carboxylic acids is 1. The molecule has 0 saturated carbocycles. The molecule has 0 aromatic heterocycles. The number of anilines is 1. The zero-order valence-corrected chi connectivity index (χ0v) is 14.5. The van der Waals surface area contributed by atoms with Gasteiger partial charge in [-0.3, -0.25) is 0 Å². The second-order valence-corrected chi connectivity index (χ2v) is 7.23. The maximum atomic E-state index is 13.6. The van der Waals surface area contributed by atoms with E-state index in [4.69, 9.17) is 4.74 Å². The predicted octanol–water partition coefficient (Wildman–Crippen LogP) is 4.19. The van der Waals surface area contributed by atoms with Crippen molar-refractivity contribution in [2.45, 2.75) is 46.1 Å². The van der Waals surface area contributed by atoms with Crippen molar-refractivity contribution in [1.29, 1.82) is 0 Å². The maximum Gasteiger partial charge on any atom is 0.410 e. The van der Waals surface area contributed by atoms with Crippen molar-refractivity contribution in [2.24, 2.45) is 5.92 Å². The molecule has 1 heterocycles. The third-order valence-electron chi connectivity index (χ3n) is 4.02. The molecule has 2 rings (SSSR count). The Morgan fingerprint density at radius 3 is 2.87 bits per heavy atom. The number of nitrogens with one attached hydrogen (secondary N) is 1. The first-order valence-electron chi connectivity index (χ1n) is 8.23. The lowest BCUT2D eigenvalue weighted by Crippen LogP contribution is -2.44. The highest BCUT2D eigenvalue weighted by atomic mass is 19.1. The molecule has 1 aliphatic rings. The molecule has 128 valence electrons. The highest BCUT2D eigenvalue weighted by Crippen LogP contribution is 2.22. The maximum absolute atomic E-state index is 13.6. The molecule has 1 fully saturated rings. The van der Waals surface area contributed by atoms with Gasteiger partial charge in [-0.15, -0.1) is 0 Å². The molecule has 1 saturated heterocycles. The van der Waals surface area contributed by atoms with Gasteiger partial charge in [-0.25, -0.2) is 9.18 Å². The van der Waals surface area contributed by atoms with Gasteiger partial charge in [-0.05, 0) is 58.6 Å². The molecule has 1 N–H and O–H groups in total. The van der Waals surface area contributed by atoms with Crippen LogP contribution in [0.5, 0.6) is 0 Å². The predicted molar refractivity (Wildman–Crippen MR) is 90.2 cm³/mol. The van der Waals surface area contributed by atoms with Gasteiger partial charge in [-0.2, -0.15) is 0 Å². The Morgan fingerprint density at radius 1 is 1.43 bits per heavy atom. The van der Waals surface area contributed by atoms with E-state index < -0.39 is 5.60 Å². The number of halogens is 1. The number of benzene rings is 1. The second kappa shape index (κ2) is 7.20. The largest absolute Gasteiger partial charge is 0.444 e. The highest BCUT2D eigenvalue weighted by molar-refractivity contribution is 5.68. The summed E-state index contributed by atoms with van der Waals surface area (Å²) in [6, 6.07) is 5.05. The summed E-state index contributed by atoms with van der Waals surface area (Å²) in [4.78, 5) is 13.9. The van der Waals surface area contributed by atoms with E-state index in [0.717, 1.165) is 31.6 Å². The minimum Gasteiger partial charge on any atom is -0.444 e. The van der Waals surface area contributed by atoms with Crippen LogP contribution in [0.2, 0.25) is 0 Å². The smallest absolute Gasteiger partial charge is 0.410 e. The number of likely N-dealkylation sites (tertiary alicyclic amines) is 1. The summed E-state index contributed by atoms with van der Waals surface area (Å²) in [6.07, 6.45) is 1.78. The fraction of sp³-hybridized carbons (Fsp3) is 0.611. The lowest BCUT2D eigenvalue weighted by atomic mass is 9.98. The van der Waals surface area contributed by atoms with Gasteiger partial charge in [0.1, 0.15) is 11.4 Å². The molecule has 1 unspecified atom stereocenters. The normalized spacial score (nSPS) is 18.7. The van der Waals surface area contributed by atoms with Crippen molar-refractivity contribution in [3.63, 3.8) is 0 Å². The van der Waals surface area contributed by atoms with Gasteiger partial charge >= 0.3 is 6.09 Å². The number of piperidine rings is 1. The van der Waals surface area contributed by atoms with Crippen molar-refractivity contribution >= 4 is 11.8 Å². The van der Waals surface area contributed by atoms with Crippen LogP contribution in [0.25, 0.3) is 0 Å².